The number of nitrogens with one attached hydrogen (secondary N) is 1. The fourth-order valence-corrected chi connectivity index (χ4v) is 5.10. The van der Waals surface area contributed by atoms with Gasteiger partial charge in [-0.15, -0.1) is 11.8 Å². The first kappa shape index (κ1) is 20.7. The lowest BCUT2D eigenvalue weighted by atomic mass is 9.78. The summed E-state index contributed by atoms with van der Waals surface area (Å²) in [5.74, 6) is 2.72. The molecular formula is C25H28N2O2S. The third-order valence-electron chi connectivity index (χ3n) is 5.85. The molecule has 0 atom stereocenters. The third kappa shape index (κ3) is 5.33. The molecule has 1 aliphatic carbocycles. The molecule has 30 heavy (non-hydrogen) atoms. The number of thioether (sulfide) groups is 1. The zero-order chi connectivity index (χ0) is 20.8. The highest BCUT2D eigenvalue weighted by atomic mass is 32.2. The van der Waals surface area contributed by atoms with Crippen molar-refractivity contribution in [1.29, 1.82) is 0 Å². The molecule has 0 spiro atoms. The number of carbonyl (C=O) groups is 1. The lowest BCUT2D eigenvalue weighted by molar-refractivity contribution is 0.0940. The zero-order valence-electron chi connectivity index (χ0n) is 17.3. The van der Waals surface area contributed by atoms with Crippen LogP contribution in [0, 0.1) is 12.8 Å². The minimum Gasteiger partial charge on any atom is -0.360 e. The maximum absolute atomic E-state index is 12.8. The Labute approximate surface area is 182 Å². The number of hydrogen-bond acceptors (Lipinski definition) is 4. The number of nitrogens with zero attached hydrogens (tertiary/aromatic N) is 1. The molecule has 0 unspecified atom stereocenters. The van der Waals surface area contributed by atoms with Gasteiger partial charge in [-0.3, -0.25) is 4.79 Å². The van der Waals surface area contributed by atoms with Crippen molar-refractivity contribution >= 4 is 17.7 Å². The molecule has 4 rings (SSSR count). The van der Waals surface area contributed by atoms with Gasteiger partial charge >= 0.3 is 0 Å². The van der Waals surface area contributed by atoms with E-state index in [1.807, 2.05) is 37.3 Å². The van der Waals surface area contributed by atoms with Crippen LogP contribution >= 0.6 is 11.8 Å². The average Bonchev–Trinajstić information content (AvgIpc) is 3.22. The molecule has 1 N–H and O–H groups in total. The standard InChI is InChI=1S/C25H28N2O2S/c1-18-15-22(29-27-18)17-30-24-10-6-5-9-23(24)25(28)26-16-19-11-13-21(14-12-19)20-7-3-2-4-8-20/h2-10,15,19,21H,11-14,16-17H2,1H3,(H,26,28). The van der Waals surface area contributed by atoms with Crippen molar-refractivity contribution < 1.29 is 9.32 Å². The van der Waals surface area contributed by atoms with Crippen LogP contribution in [-0.4, -0.2) is 17.6 Å². The van der Waals surface area contributed by atoms with Crippen molar-refractivity contribution in [3.05, 3.63) is 83.2 Å². The zero-order valence-corrected chi connectivity index (χ0v) is 18.2. The number of carbonyl (C=O) groups excluding carboxylic acids is 1. The normalized spacial score (nSPS) is 18.8. The molecule has 0 aliphatic heterocycles. The van der Waals surface area contributed by atoms with E-state index >= 15 is 0 Å². The van der Waals surface area contributed by atoms with Gasteiger partial charge < -0.3 is 9.84 Å². The SMILES string of the molecule is Cc1cc(CSc2ccccc2C(=O)NCC2CCC(c3ccccc3)CC2)on1. The summed E-state index contributed by atoms with van der Waals surface area (Å²) < 4.78 is 5.28. The Morgan fingerprint density at radius 3 is 2.53 bits per heavy atom. The molecule has 0 saturated heterocycles. The molecule has 1 aliphatic rings. The monoisotopic (exact) mass is 420 g/mol. The first-order valence-electron chi connectivity index (χ1n) is 10.7. The van der Waals surface area contributed by atoms with E-state index in [-0.39, 0.29) is 5.91 Å². The fraction of sp³-hybridized carbons (Fsp3) is 0.360. The van der Waals surface area contributed by atoms with Gasteiger partial charge in [0, 0.05) is 17.5 Å². The summed E-state index contributed by atoms with van der Waals surface area (Å²) in [5.41, 5.74) is 3.06. The summed E-state index contributed by atoms with van der Waals surface area (Å²) >= 11 is 1.61. The second-order valence-electron chi connectivity index (χ2n) is 8.06. The van der Waals surface area contributed by atoms with Crippen molar-refractivity contribution in [2.24, 2.45) is 5.92 Å². The molecule has 1 saturated carbocycles. The topological polar surface area (TPSA) is 55.1 Å². The predicted molar refractivity (Wildman–Crippen MR) is 121 cm³/mol. The maximum Gasteiger partial charge on any atom is 0.252 e. The number of benzene rings is 2. The van der Waals surface area contributed by atoms with Gasteiger partial charge in [-0.05, 0) is 62.1 Å². The van der Waals surface area contributed by atoms with Gasteiger partial charge in [-0.1, -0.05) is 47.6 Å². The number of hydrogen-bond donors (Lipinski definition) is 1. The van der Waals surface area contributed by atoms with Gasteiger partial charge in [0.25, 0.3) is 5.91 Å². The first-order valence-corrected chi connectivity index (χ1v) is 11.6. The van der Waals surface area contributed by atoms with Gasteiger partial charge in [0.2, 0.25) is 0 Å². The van der Waals surface area contributed by atoms with Crippen LogP contribution < -0.4 is 5.32 Å². The smallest absolute Gasteiger partial charge is 0.252 e. The van der Waals surface area contributed by atoms with Crippen LogP contribution in [0.2, 0.25) is 0 Å². The largest absolute Gasteiger partial charge is 0.360 e. The van der Waals surface area contributed by atoms with Crippen LogP contribution in [-0.2, 0) is 5.75 Å². The Morgan fingerprint density at radius 1 is 1.07 bits per heavy atom. The summed E-state index contributed by atoms with van der Waals surface area (Å²) in [4.78, 5) is 13.8. The van der Waals surface area contributed by atoms with E-state index in [4.69, 9.17) is 4.52 Å². The number of amides is 1. The van der Waals surface area contributed by atoms with E-state index in [9.17, 15) is 4.79 Å². The maximum atomic E-state index is 12.8. The minimum atomic E-state index is 0.0111. The second-order valence-corrected chi connectivity index (χ2v) is 9.07. The molecule has 4 nitrogen and oxygen atoms in total. The Kier molecular flexibility index (Phi) is 6.90. The molecule has 156 valence electrons. The van der Waals surface area contributed by atoms with E-state index in [0.29, 0.717) is 17.6 Å². The molecule has 1 amide bonds. The summed E-state index contributed by atoms with van der Waals surface area (Å²) in [5, 5.41) is 7.10. The number of rotatable bonds is 7. The van der Waals surface area contributed by atoms with Crippen molar-refractivity contribution in [2.45, 2.75) is 49.2 Å². The molecule has 0 radical (unpaired) electrons. The highest BCUT2D eigenvalue weighted by Crippen LogP contribution is 2.35. The van der Waals surface area contributed by atoms with Crippen LogP contribution in [0.3, 0.4) is 0 Å². The van der Waals surface area contributed by atoms with E-state index in [1.165, 1.54) is 31.2 Å². The molecule has 0 bridgehead atoms. The van der Waals surface area contributed by atoms with Crippen LogP contribution in [0.1, 0.15) is 59.0 Å². The van der Waals surface area contributed by atoms with E-state index in [1.54, 1.807) is 11.8 Å². The summed E-state index contributed by atoms with van der Waals surface area (Å²) in [6.45, 7) is 2.66. The highest BCUT2D eigenvalue weighted by molar-refractivity contribution is 7.98. The average molecular weight is 421 g/mol. The Morgan fingerprint density at radius 2 is 1.80 bits per heavy atom. The van der Waals surface area contributed by atoms with Gasteiger partial charge in [0.1, 0.15) is 5.76 Å². The van der Waals surface area contributed by atoms with Gasteiger partial charge in [0.05, 0.1) is 17.0 Å². The molecule has 1 heterocycles. The molecule has 1 aromatic heterocycles. The Bertz CT molecular complexity index is 962. The van der Waals surface area contributed by atoms with Crippen LogP contribution in [0.5, 0.6) is 0 Å². The van der Waals surface area contributed by atoms with Crippen molar-refractivity contribution in [2.75, 3.05) is 6.54 Å². The fourth-order valence-electron chi connectivity index (χ4n) is 4.17. The van der Waals surface area contributed by atoms with E-state index in [2.05, 4.69) is 40.8 Å². The van der Waals surface area contributed by atoms with Gasteiger partial charge in [-0.25, -0.2) is 0 Å². The first-order chi connectivity index (χ1) is 14.7. The van der Waals surface area contributed by atoms with Crippen LogP contribution in [0.15, 0.2) is 70.1 Å². The third-order valence-corrected chi connectivity index (χ3v) is 6.94. The molecule has 5 heteroatoms. The predicted octanol–water partition coefficient (Wildman–Crippen LogP) is 5.98. The molecule has 2 aromatic carbocycles. The molecule has 1 fully saturated rings. The lowest BCUT2D eigenvalue weighted by Gasteiger charge is -2.29. The Hall–Kier alpha value is -2.53. The molecular weight excluding hydrogens is 392 g/mol. The quantitative estimate of drug-likeness (QED) is 0.478. The number of aromatic nitrogens is 1. The van der Waals surface area contributed by atoms with Crippen molar-refractivity contribution in [3.8, 4) is 0 Å². The molecule has 3 aromatic rings. The summed E-state index contributed by atoms with van der Waals surface area (Å²) in [6.07, 6.45) is 4.74. The Balaban J connectivity index is 1.28. The lowest BCUT2D eigenvalue weighted by Crippen LogP contribution is -2.31. The minimum absolute atomic E-state index is 0.0111. The van der Waals surface area contributed by atoms with Gasteiger partial charge in [-0.2, -0.15) is 0 Å². The van der Waals surface area contributed by atoms with Crippen molar-refractivity contribution in [3.63, 3.8) is 0 Å². The number of aryl methyl sites for hydroxylation is 1. The van der Waals surface area contributed by atoms with Gasteiger partial charge in [0.15, 0.2) is 0 Å². The van der Waals surface area contributed by atoms with Crippen molar-refractivity contribution in [1.82, 2.24) is 10.5 Å². The summed E-state index contributed by atoms with van der Waals surface area (Å²) in [6, 6.07) is 20.5. The van der Waals surface area contributed by atoms with E-state index < -0.39 is 0 Å². The van der Waals surface area contributed by atoms with Crippen LogP contribution in [0.25, 0.3) is 0 Å². The summed E-state index contributed by atoms with van der Waals surface area (Å²) in [7, 11) is 0. The van der Waals surface area contributed by atoms with E-state index in [0.717, 1.165) is 28.5 Å². The highest BCUT2D eigenvalue weighted by Gasteiger charge is 2.23. The second kappa shape index (κ2) is 9.98. The van der Waals surface area contributed by atoms with Crippen LogP contribution in [0.4, 0.5) is 0 Å².